The number of anilines is 1. The molecule has 1 aliphatic rings. The Bertz CT molecular complexity index is 720. The number of rotatable bonds is 3. The Morgan fingerprint density at radius 1 is 1.17 bits per heavy atom. The Hall–Kier alpha value is -2.06. The molecule has 128 valence electrons. The van der Waals surface area contributed by atoms with Gasteiger partial charge in [-0.1, -0.05) is 11.6 Å². The van der Waals surface area contributed by atoms with Gasteiger partial charge in [-0.25, -0.2) is 4.98 Å². The first-order valence-corrected chi connectivity index (χ1v) is 7.64. The SMILES string of the molecule is FC(F)(F)c1ccnc(Oc2ccc(N3CCNCC3)c(Cl)c2)n1. The molecule has 0 amide bonds. The zero-order chi connectivity index (χ0) is 17.2. The molecule has 1 fully saturated rings. The fourth-order valence-corrected chi connectivity index (χ4v) is 2.66. The summed E-state index contributed by atoms with van der Waals surface area (Å²) in [5.74, 6) is 0.276. The smallest absolute Gasteiger partial charge is 0.424 e. The molecule has 1 aromatic carbocycles. The molecule has 0 unspecified atom stereocenters. The fourth-order valence-electron chi connectivity index (χ4n) is 2.37. The zero-order valence-electron chi connectivity index (χ0n) is 12.5. The maximum absolute atomic E-state index is 12.7. The largest absolute Gasteiger partial charge is 0.433 e. The third kappa shape index (κ3) is 3.88. The van der Waals surface area contributed by atoms with E-state index in [1.165, 1.54) is 0 Å². The minimum atomic E-state index is -4.55. The molecule has 5 nitrogen and oxygen atoms in total. The molecule has 0 radical (unpaired) electrons. The van der Waals surface area contributed by atoms with Crippen LogP contribution in [0.25, 0.3) is 0 Å². The lowest BCUT2D eigenvalue weighted by Crippen LogP contribution is -2.43. The van der Waals surface area contributed by atoms with E-state index in [0.717, 1.165) is 44.1 Å². The molecule has 0 bridgehead atoms. The molecule has 0 spiro atoms. The molecule has 1 N–H and O–H groups in total. The predicted octanol–water partition coefficient (Wildman–Crippen LogP) is 3.35. The number of hydrogen-bond donors (Lipinski definition) is 1. The van der Waals surface area contributed by atoms with Gasteiger partial charge >= 0.3 is 12.2 Å². The van der Waals surface area contributed by atoms with Crippen molar-refractivity contribution in [2.75, 3.05) is 31.1 Å². The summed E-state index contributed by atoms with van der Waals surface area (Å²) in [5.41, 5.74) is -0.202. The number of benzene rings is 1. The predicted molar refractivity (Wildman–Crippen MR) is 83.6 cm³/mol. The van der Waals surface area contributed by atoms with Gasteiger partial charge in [-0.05, 0) is 18.2 Å². The lowest BCUT2D eigenvalue weighted by atomic mass is 10.2. The van der Waals surface area contributed by atoms with E-state index >= 15 is 0 Å². The van der Waals surface area contributed by atoms with Crippen molar-refractivity contribution in [1.82, 2.24) is 15.3 Å². The molecule has 24 heavy (non-hydrogen) atoms. The molecule has 9 heteroatoms. The van der Waals surface area contributed by atoms with E-state index in [2.05, 4.69) is 20.2 Å². The highest BCUT2D eigenvalue weighted by Crippen LogP contribution is 2.32. The quantitative estimate of drug-likeness (QED) is 0.912. The molecule has 3 rings (SSSR count). The van der Waals surface area contributed by atoms with Crippen LogP contribution in [0.1, 0.15) is 5.69 Å². The van der Waals surface area contributed by atoms with Gasteiger partial charge in [0.2, 0.25) is 0 Å². The van der Waals surface area contributed by atoms with Crippen LogP contribution in [0.4, 0.5) is 18.9 Å². The second-order valence-electron chi connectivity index (χ2n) is 5.17. The highest BCUT2D eigenvalue weighted by Gasteiger charge is 2.33. The number of nitrogens with zero attached hydrogens (tertiary/aromatic N) is 3. The zero-order valence-corrected chi connectivity index (χ0v) is 13.2. The summed E-state index contributed by atoms with van der Waals surface area (Å²) in [6.07, 6.45) is -3.55. The number of ether oxygens (including phenoxy) is 1. The van der Waals surface area contributed by atoms with Crippen molar-refractivity contribution in [1.29, 1.82) is 0 Å². The van der Waals surface area contributed by atoms with Crippen LogP contribution < -0.4 is 15.0 Å². The molecular weight excluding hydrogens is 345 g/mol. The fraction of sp³-hybridized carbons (Fsp3) is 0.333. The molecule has 2 aromatic rings. The van der Waals surface area contributed by atoms with Crippen LogP contribution in [0.3, 0.4) is 0 Å². The number of nitrogens with one attached hydrogen (secondary N) is 1. The van der Waals surface area contributed by atoms with Crippen molar-refractivity contribution in [3.05, 3.63) is 41.2 Å². The topological polar surface area (TPSA) is 50.3 Å². The maximum Gasteiger partial charge on any atom is 0.433 e. The van der Waals surface area contributed by atoms with Crippen LogP contribution in [-0.4, -0.2) is 36.1 Å². The van der Waals surface area contributed by atoms with E-state index in [-0.39, 0.29) is 11.8 Å². The van der Waals surface area contributed by atoms with E-state index in [9.17, 15) is 13.2 Å². The Kier molecular flexibility index (Phi) is 4.77. The third-order valence-electron chi connectivity index (χ3n) is 3.51. The summed E-state index contributed by atoms with van der Waals surface area (Å²) in [6, 6.07) is 5.36. The van der Waals surface area contributed by atoms with Crippen LogP contribution >= 0.6 is 11.6 Å². The van der Waals surface area contributed by atoms with Gasteiger partial charge < -0.3 is 15.0 Å². The van der Waals surface area contributed by atoms with Gasteiger partial charge in [-0.2, -0.15) is 18.2 Å². The third-order valence-corrected chi connectivity index (χ3v) is 3.81. The van der Waals surface area contributed by atoms with Crippen molar-refractivity contribution in [2.45, 2.75) is 6.18 Å². The number of alkyl halides is 3. The minimum absolute atomic E-state index is 0.276. The maximum atomic E-state index is 12.7. The minimum Gasteiger partial charge on any atom is -0.424 e. The van der Waals surface area contributed by atoms with Crippen LogP contribution in [-0.2, 0) is 6.18 Å². The summed E-state index contributed by atoms with van der Waals surface area (Å²) in [6.45, 7) is 3.40. The first-order valence-electron chi connectivity index (χ1n) is 7.27. The van der Waals surface area contributed by atoms with Gasteiger partial charge in [0.15, 0.2) is 5.69 Å². The van der Waals surface area contributed by atoms with Crippen LogP contribution in [0.2, 0.25) is 5.02 Å². The summed E-state index contributed by atoms with van der Waals surface area (Å²) in [4.78, 5) is 9.18. The van der Waals surface area contributed by atoms with E-state index in [1.807, 2.05) is 0 Å². The Morgan fingerprint density at radius 2 is 1.92 bits per heavy atom. The Labute approximate surface area is 141 Å². The monoisotopic (exact) mass is 358 g/mol. The van der Waals surface area contributed by atoms with Crippen LogP contribution in [0.15, 0.2) is 30.5 Å². The van der Waals surface area contributed by atoms with Crippen molar-refractivity contribution < 1.29 is 17.9 Å². The molecular formula is C15H14ClF3N4O. The first-order chi connectivity index (χ1) is 11.4. The lowest BCUT2D eigenvalue weighted by Gasteiger charge is -2.30. The van der Waals surface area contributed by atoms with E-state index in [1.54, 1.807) is 18.2 Å². The van der Waals surface area contributed by atoms with E-state index < -0.39 is 11.9 Å². The molecule has 1 aromatic heterocycles. The molecule has 0 aliphatic carbocycles. The van der Waals surface area contributed by atoms with Crippen LogP contribution in [0.5, 0.6) is 11.8 Å². The van der Waals surface area contributed by atoms with Crippen molar-refractivity contribution >= 4 is 17.3 Å². The number of piperazine rings is 1. The van der Waals surface area contributed by atoms with Gasteiger partial charge in [-0.3, -0.25) is 0 Å². The number of aromatic nitrogens is 2. The van der Waals surface area contributed by atoms with Gasteiger partial charge in [0.05, 0.1) is 10.7 Å². The van der Waals surface area contributed by atoms with Gasteiger partial charge in [0.1, 0.15) is 5.75 Å². The standard InChI is InChI=1S/C15H14ClF3N4O/c16-11-9-10(1-2-12(11)23-7-5-20-6-8-23)24-14-21-4-3-13(22-14)15(17,18)19/h1-4,9,20H,5-8H2. The highest BCUT2D eigenvalue weighted by atomic mass is 35.5. The second-order valence-corrected chi connectivity index (χ2v) is 5.58. The summed E-state index contributed by atoms with van der Waals surface area (Å²) >= 11 is 6.27. The highest BCUT2D eigenvalue weighted by molar-refractivity contribution is 6.33. The Balaban J connectivity index is 1.77. The average Bonchev–Trinajstić information content (AvgIpc) is 2.55. The van der Waals surface area contributed by atoms with Crippen LogP contribution in [0, 0.1) is 0 Å². The van der Waals surface area contributed by atoms with E-state index in [4.69, 9.17) is 16.3 Å². The second kappa shape index (κ2) is 6.82. The van der Waals surface area contributed by atoms with Gasteiger partial charge in [-0.15, -0.1) is 0 Å². The van der Waals surface area contributed by atoms with Gasteiger partial charge in [0.25, 0.3) is 0 Å². The van der Waals surface area contributed by atoms with Crippen molar-refractivity contribution in [2.24, 2.45) is 0 Å². The number of halogens is 4. The van der Waals surface area contributed by atoms with Gasteiger partial charge in [0, 0.05) is 38.4 Å². The van der Waals surface area contributed by atoms with Crippen molar-refractivity contribution in [3.8, 4) is 11.8 Å². The molecule has 0 saturated carbocycles. The molecule has 2 heterocycles. The summed E-state index contributed by atoms with van der Waals surface area (Å²) < 4.78 is 43.3. The molecule has 1 saturated heterocycles. The average molecular weight is 359 g/mol. The van der Waals surface area contributed by atoms with Crippen molar-refractivity contribution in [3.63, 3.8) is 0 Å². The first kappa shape index (κ1) is 16.8. The summed E-state index contributed by atoms with van der Waals surface area (Å²) in [5, 5.41) is 3.71. The normalized spacial score (nSPS) is 15.4. The molecule has 0 atom stereocenters. The molecule has 1 aliphatic heterocycles. The van der Waals surface area contributed by atoms with E-state index in [0.29, 0.717) is 5.02 Å². The lowest BCUT2D eigenvalue weighted by molar-refractivity contribution is -0.141. The summed E-state index contributed by atoms with van der Waals surface area (Å²) in [7, 11) is 0. The number of hydrogen-bond acceptors (Lipinski definition) is 5. The Morgan fingerprint density at radius 3 is 2.58 bits per heavy atom.